The summed E-state index contributed by atoms with van der Waals surface area (Å²) in [5.74, 6) is -1.29. The summed E-state index contributed by atoms with van der Waals surface area (Å²) in [6.07, 6.45) is 1.94. The summed E-state index contributed by atoms with van der Waals surface area (Å²) >= 11 is 4.30. The number of fused-ring (bicyclic) bond motifs is 1. The number of rotatable bonds is 6. The quantitative estimate of drug-likeness (QED) is 0.793. The second kappa shape index (κ2) is 6.58. The van der Waals surface area contributed by atoms with Crippen LogP contribution in [0.4, 0.5) is 4.39 Å². The summed E-state index contributed by atoms with van der Waals surface area (Å²) < 4.78 is 15.9. The molecule has 1 aromatic carbocycles. The number of hydrogen-bond donors (Lipinski definition) is 1. The maximum Gasteiger partial charge on any atom is 0.313 e. The van der Waals surface area contributed by atoms with Crippen LogP contribution >= 0.6 is 27.7 Å². The van der Waals surface area contributed by atoms with Gasteiger partial charge in [-0.2, -0.15) is 0 Å². The van der Waals surface area contributed by atoms with Crippen LogP contribution in [0.25, 0.3) is 11.0 Å². The number of aromatic nitrogens is 2. The van der Waals surface area contributed by atoms with E-state index in [0.29, 0.717) is 27.2 Å². The van der Waals surface area contributed by atoms with E-state index in [0.717, 1.165) is 24.6 Å². The Morgan fingerprint density at radius 3 is 2.95 bits per heavy atom. The Morgan fingerprint density at radius 1 is 1.55 bits per heavy atom. The van der Waals surface area contributed by atoms with Crippen molar-refractivity contribution in [3.63, 3.8) is 0 Å². The number of benzene rings is 1. The first-order valence-corrected chi connectivity index (χ1v) is 8.00. The first-order chi connectivity index (χ1) is 9.52. The van der Waals surface area contributed by atoms with Crippen molar-refractivity contribution < 1.29 is 14.3 Å². The molecule has 0 fully saturated rings. The summed E-state index contributed by atoms with van der Waals surface area (Å²) in [6, 6.07) is 3.06. The number of carbonyl (C=O) groups is 1. The van der Waals surface area contributed by atoms with Crippen LogP contribution in [0.5, 0.6) is 0 Å². The first-order valence-electron chi connectivity index (χ1n) is 6.22. The molecule has 0 bridgehead atoms. The van der Waals surface area contributed by atoms with Gasteiger partial charge in [0, 0.05) is 12.6 Å². The second-order valence-corrected chi connectivity index (χ2v) is 6.13. The Morgan fingerprint density at radius 2 is 2.30 bits per heavy atom. The molecular weight excluding hydrogens is 347 g/mol. The van der Waals surface area contributed by atoms with Gasteiger partial charge in [-0.05, 0) is 28.4 Å². The minimum atomic E-state index is -0.892. The van der Waals surface area contributed by atoms with E-state index < -0.39 is 5.97 Å². The fraction of sp³-hybridized carbons (Fsp3) is 0.385. The third kappa shape index (κ3) is 3.32. The first kappa shape index (κ1) is 15.3. The number of thioether (sulfide) groups is 1. The largest absolute Gasteiger partial charge is 0.481 e. The maximum atomic E-state index is 13.7. The van der Waals surface area contributed by atoms with E-state index in [1.807, 2.05) is 4.57 Å². The van der Waals surface area contributed by atoms with Crippen LogP contribution < -0.4 is 0 Å². The molecule has 2 rings (SSSR count). The van der Waals surface area contributed by atoms with Crippen molar-refractivity contribution in [3.8, 4) is 0 Å². The van der Waals surface area contributed by atoms with E-state index in [4.69, 9.17) is 5.11 Å². The number of unbranched alkanes of at least 4 members (excludes halogenated alkanes) is 1. The molecule has 1 aromatic heterocycles. The highest BCUT2D eigenvalue weighted by Crippen LogP contribution is 2.28. The predicted octanol–water partition coefficient (Wildman–Crippen LogP) is 3.91. The van der Waals surface area contributed by atoms with Gasteiger partial charge in [0.2, 0.25) is 0 Å². The SMILES string of the molecule is CCCCn1c(SCC(=O)O)nc2cc(Br)c(F)cc21. The molecule has 0 saturated carbocycles. The topological polar surface area (TPSA) is 55.1 Å². The van der Waals surface area contributed by atoms with E-state index in [2.05, 4.69) is 27.8 Å². The number of carboxylic acids is 1. The van der Waals surface area contributed by atoms with Crippen LogP contribution in [-0.2, 0) is 11.3 Å². The molecule has 108 valence electrons. The highest BCUT2D eigenvalue weighted by Gasteiger charge is 2.14. The molecule has 0 radical (unpaired) electrons. The Hall–Kier alpha value is -1.08. The molecule has 0 saturated heterocycles. The lowest BCUT2D eigenvalue weighted by Gasteiger charge is -2.07. The lowest BCUT2D eigenvalue weighted by atomic mass is 10.3. The van der Waals surface area contributed by atoms with Gasteiger partial charge in [0.15, 0.2) is 5.16 Å². The van der Waals surface area contributed by atoms with Gasteiger partial charge in [-0.15, -0.1) is 0 Å². The van der Waals surface area contributed by atoms with Gasteiger partial charge in [-0.3, -0.25) is 4.79 Å². The zero-order valence-electron chi connectivity index (χ0n) is 10.9. The summed E-state index contributed by atoms with van der Waals surface area (Å²) in [5.41, 5.74) is 1.37. The van der Waals surface area contributed by atoms with Gasteiger partial charge in [0.05, 0.1) is 21.3 Å². The van der Waals surface area contributed by atoms with Gasteiger partial charge in [0.1, 0.15) is 5.82 Å². The fourth-order valence-electron chi connectivity index (χ4n) is 1.87. The molecule has 7 heteroatoms. The molecule has 0 spiro atoms. The number of aryl methyl sites for hydroxylation is 1. The molecular formula is C13H14BrFN2O2S. The number of carboxylic acid groups (broad SMARTS) is 1. The second-order valence-electron chi connectivity index (χ2n) is 4.34. The Labute approximate surface area is 128 Å². The molecule has 20 heavy (non-hydrogen) atoms. The molecule has 1 heterocycles. The summed E-state index contributed by atoms with van der Waals surface area (Å²) in [5, 5.41) is 9.40. The van der Waals surface area contributed by atoms with Crippen molar-refractivity contribution in [2.75, 3.05) is 5.75 Å². The van der Waals surface area contributed by atoms with Crippen molar-refractivity contribution >= 4 is 44.7 Å². The number of hydrogen-bond acceptors (Lipinski definition) is 3. The molecule has 0 aliphatic carbocycles. The summed E-state index contributed by atoms with van der Waals surface area (Å²) in [7, 11) is 0. The van der Waals surface area contributed by atoms with E-state index in [1.54, 1.807) is 6.07 Å². The lowest BCUT2D eigenvalue weighted by Crippen LogP contribution is -2.03. The molecule has 0 aliphatic rings. The Kier molecular flexibility index (Phi) is 5.04. The highest BCUT2D eigenvalue weighted by molar-refractivity contribution is 9.10. The zero-order valence-corrected chi connectivity index (χ0v) is 13.3. The van der Waals surface area contributed by atoms with E-state index in [-0.39, 0.29) is 11.6 Å². The Bertz CT molecular complexity index is 645. The zero-order chi connectivity index (χ0) is 14.7. The van der Waals surface area contributed by atoms with Crippen molar-refractivity contribution in [1.29, 1.82) is 0 Å². The van der Waals surface area contributed by atoms with Crippen LogP contribution in [0.2, 0.25) is 0 Å². The van der Waals surface area contributed by atoms with E-state index in [9.17, 15) is 9.18 Å². The average molecular weight is 361 g/mol. The Balaban J connectivity index is 2.45. The van der Waals surface area contributed by atoms with Crippen molar-refractivity contribution in [2.24, 2.45) is 0 Å². The monoisotopic (exact) mass is 360 g/mol. The van der Waals surface area contributed by atoms with Crippen LogP contribution in [0, 0.1) is 5.82 Å². The summed E-state index contributed by atoms with van der Waals surface area (Å²) in [6.45, 7) is 2.77. The number of nitrogens with zero attached hydrogens (tertiary/aromatic N) is 2. The van der Waals surface area contributed by atoms with E-state index in [1.165, 1.54) is 6.07 Å². The minimum absolute atomic E-state index is 0.0564. The number of imidazole rings is 1. The van der Waals surface area contributed by atoms with Crippen molar-refractivity contribution in [3.05, 3.63) is 22.4 Å². The van der Waals surface area contributed by atoms with Gasteiger partial charge in [0.25, 0.3) is 0 Å². The minimum Gasteiger partial charge on any atom is -0.481 e. The number of aliphatic carboxylic acids is 1. The smallest absolute Gasteiger partial charge is 0.313 e. The molecule has 0 unspecified atom stereocenters. The molecule has 1 N–H and O–H groups in total. The van der Waals surface area contributed by atoms with Crippen LogP contribution in [0.15, 0.2) is 21.8 Å². The maximum absolute atomic E-state index is 13.7. The van der Waals surface area contributed by atoms with Gasteiger partial charge < -0.3 is 9.67 Å². The fourth-order valence-corrected chi connectivity index (χ4v) is 2.96. The molecule has 0 atom stereocenters. The van der Waals surface area contributed by atoms with Crippen molar-refractivity contribution in [1.82, 2.24) is 9.55 Å². The molecule has 2 aromatic rings. The van der Waals surface area contributed by atoms with Crippen LogP contribution in [0.3, 0.4) is 0 Å². The van der Waals surface area contributed by atoms with Crippen LogP contribution in [0.1, 0.15) is 19.8 Å². The van der Waals surface area contributed by atoms with E-state index >= 15 is 0 Å². The average Bonchev–Trinajstić information content (AvgIpc) is 2.72. The van der Waals surface area contributed by atoms with Crippen LogP contribution in [-0.4, -0.2) is 26.4 Å². The van der Waals surface area contributed by atoms with Crippen molar-refractivity contribution in [2.45, 2.75) is 31.5 Å². The van der Waals surface area contributed by atoms with Gasteiger partial charge in [-0.1, -0.05) is 25.1 Å². The predicted molar refractivity (Wildman–Crippen MR) is 80.7 cm³/mol. The highest BCUT2D eigenvalue weighted by atomic mass is 79.9. The third-order valence-corrected chi connectivity index (χ3v) is 4.38. The summed E-state index contributed by atoms with van der Waals surface area (Å²) in [4.78, 5) is 15.1. The molecule has 0 amide bonds. The van der Waals surface area contributed by atoms with Gasteiger partial charge >= 0.3 is 5.97 Å². The van der Waals surface area contributed by atoms with Gasteiger partial charge in [-0.25, -0.2) is 9.37 Å². The third-order valence-electron chi connectivity index (χ3n) is 2.82. The number of halogens is 2. The normalized spacial score (nSPS) is 11.2. The lowest BCUT2D eigenvalue weighted by molar-refractivity contribution is -0.133. The molecule has 4 nitrogen and oxygen atoms in total. The standard InChI is InChI=1S/C13H14BrFN2O2S/c1-2-3-4-17-11-6-9(15)8(14)5-10(11)16-13(17)20-7-12(18)19/h5-6H,2-4,7H2,1H3,(H,18,19). The molecule has 0 aliphatic heterocycles.